The fourth-order valence-corrected chi connectivity index (χ4v) is 4.02. The summed E-state index contributed by atoms with van der Waals surface area (Å²) in [7, 11) is 0. The first-order valence-electron chi connectivity index (χ1n) is 9.76. The highest BCUT2D eigenvalue weighted by atomic mass is 35.5. The molecule has 9 heteroatoms. The molecule has 3 amide bonds. The second-order valence-corrected chi connectivity index (χ2v) is 8.42. The van der Waals surface area contributed by atoms with Gasteiger partial charge in [-0.05, 0) is 47.5 Å². The van der Waals surface area contributed by atoms with Crippen molar-refractivity contribution in [1.82, 2.24) is 10.2 Å². The van der Waals surface area contributed by atoms with Crippen LogP contribution in [0.4, 0.5) is 9.18 Å². The lowest BCUT2D eigenvalue weighted by Crippen LogP contribution is -2.30. The molecule has 0 unspecified atom stereocenters. The van der Waals surface area contributed by atoms with Crippen molar-refractivity contribution < 1.29 is 18.7 Å². The van der Waals surface area contributed by atoms with Crippen LogP contribution in [-0.4, -0.2) is 16.8 Å². The third-order valence-corrected chi connectivity index (χ3v) is 5.81. The van der Waals surface area contributed by atoms with Crippen molar-refractivity contribution in [2.45, 2.75) is 13.2 Å². The molecule has 0 atom stereocenters. The summed E-state index contributed by atoms with van der Waals surface area (Å²) in [4.78, 5) is 26.0. The topological polar surface area (TPSA) is 58.6 Å². The van der Waals surface area contributed by atoms with Gasteiger partial charge in [0.15, 0.2) is 5.75 Å². The van der Waals surface area contributed by atoms with Crippen molar-refractivity contribution in [3.05, 3.63) is 104 Å². The number of rotatable bonds is 6. The number of benzene rings is 3. The summed E-state index contributed by atoms with van der Waals surface area (Å²) in [5.74, 6) is -0.639. The third-order valence-electron chi connectivity index (χ3n) is 4.88. The first-order valence-corrected chi connectivity index (χ1v) is 10.9. The van der Waals surface area contributed by atoms with Crippen molar-refractivity contribution >= 4 is 52.8 Å². The summed E-state index contributed by atoms with van der Waals surface area (Å²) >= 11 is 18.9. The number of imide groups is 1. The van der Waals surface area contributed by atoms with Crippen molar-refractivity contribution in [2.24, 2.45) is 0 Å². The van der Waals surface area contributed by atoms with Gasteiger partial charge in [0.2, 0.25) is 0 Å². The maximum Gasteiger partial charge on any atom is 0.329 e. The van der Waals surface area contributed by atoms with Gasteiger partial charge in [-0.25, -0.2) is 9.18 Å². The molecule has 0 radical (unpaired) electrons. The van der Waals surface area contributed by atoms with E-state index in [0.717, 1.165) is 10.5 Å². The van der Waals surface area contributed by atoms with Crippen molar-refractivity contribution in [2.75, 3.05) is 0 Å². The number of nitrogens with zero attached hydrogens (tertiary/aromatic N) is 1. The molecule has 0 aromatic heterocycles. The molecule has 168 valence electrons. The minimum absolute atomic E-state index is 0.0125. The number of hydrogen-bond donors (Lipinski definition) is 1. The Morgan fingerprint density at radius 2 is 1.61 bits per heavy atom. The van der Waals surface area contributed by atoms with Gasteiger partial charge in [-0.2, -0.15) is 0 Å². The fourth-order valence-electron chi connectivity index (χ4n) is 3.22. The van der Waals surface area contributed by atoms with E-state index in [1.165, 1.54) is 30.3 Å². The van der Waals surface area contributed by atoms with E-state index in [0.29, 0.717) is 16.1 Å². The summed E-state index contributed by atoms with van der Waals surface area (Å²) in [6, 6.07) is 15.4. The summed E-state index contributed by atoms with van der Waals surface area (Å²) in [6.45, 7) is 0.186. The number of amides is 3. The molecule has 4 rings (SSSR count). The van der Waals surface area contributed by atoms with Gasteiger partial charge in [-0.15, -0.1) is 0 Å². The zero-order chi connectivity index (χ0) is 23.5. The van der Waals surface area contributed by atoms with Crippen molar-refractivity contribution in [3.63, 3.8) is 0 Å². The van der Waals surface area contributed by atoms with E-state index in [-0.39, 0.29) is 34.6 Å². The predicted octanol–water partition coefficient (Wildman–Crippen LogP) is 6.46. The van der Waals surface area contributed by atoms with Gasteiger partial charge in [-0.1, -0.05) is 65.1 Å². The Balaban J connectivity index is 1.50. The maximum atomic E-state index is 13.1. The minimum Gasteiger partial charge on any atom is -0.486 e. The van der Waals surface area contributed by atoms with Gasteiger partial charge in [0.25, 0.3) is 5.91 Å². The van der Waals surface area contributed by atoms with Crippen LogP contribution in [0.25, 0.3) is 6.08 Å². The van der Waals surface area contributed by atoms with E-state index in [4.69, 9.17) is 39.5 Å². The molecule has 3 aromatic carbocycles. The summed E-state index contributed by atoms with van der Waals surface area (Å²) < 4.78 is 18.8. The van der Waals surface area contributed by atoms with Gasteiger partial charge in [-0.3, -0.25) is 9.69 Å². The van der Waals surface area contributed by atoms with Crippen LogP contribution in [0, 0.1) is 5.82 Å². The maximum absolute atomic E-state index is 13.1. The molecule has 0 spiro atoms. The molecule has 0 bridgehead atoms. The largest absolute Gasteiger partial charge is 0.486 e. The molecule has 0 saturated carbocycles. The molecular formula is C24H16Cl3FN2O3. The SMILES string of the molecule is O=C1N/C(=C/c2cc(Cl)c(OCc3ccccc3Cl)c(Cl)c2)C(=O)N1Cc1ccc(F)cc1. The van der Waals surface area contributed by atoms with Crippen LogP contribution in [0.3, 0.4) is 0 Å². The van der Waals surface area contributed by atoms with Gasteiger partial charge in [0.05, 0.1) is 16.6 Å². The van der Waals surface area contributed by atoms with Crippen LogP contribution < -0.4 is 10.1 Å². The molecule has 1 aliphatic rings. The molecule has 3 aromatic rings. The second kappa shape index (κ2) is 9.83. The third kappa shape index (κ3) is 5.30. The van der Waals surface area contributed by atoms with Crippen LogP contribution in [0.5, 0.6) is 5.75 Å². The smallest absolute Gasteiger partial charge is 0.329 e. The first-order chi connectivity index (χ1) is 15.8. The standard InChI is InChI=1S/C24H16Cl3FN2O3/c25-18-4-2-1-3-16(18)13-33-22-19(26)9-15(10-20(22)27)11-21-23(31)30(24(32)29-21)12-14-5-7-17(28)8-6-14/h1-11H,12-13H2,(H,29,32)/b21-11+. The normalized spacial score (nSPS) is 14.7. The van der Waals surface area contributed by atoms with E-state index in [1.54, 1.807) is 18.2 Å². The summed E-state index contributed by atoms with van der Waals surface area (Å²) in [5, 5.41) is 3.57. The van der Waals surface area contributed by atoms with Crippen molar-refractivity contribution in [1.29, 1.82) is 0 Å². The Labute approximate surface area is 204 Å². The fraction of sp³-hybridized carbons (Fsp3) is 0.0833. The average molecular weight is 506 g/mol. The van der Waals surface area contributed by atoms with E-state index in [2.05, 4.69) is 5.32 Å². The number of carbonyl (C=O) groups excluding carboxylic acids is 2. The number of urea groups is 1. The molecular weight excluding hydrogens is 490 g/mol. The zero-order valence-electron chi connectivity index (χ0n) is 16.9. The van der Waals surface area contributed by atoms with Gasteiger partial charge < -0.3 is 10.1 Å². The first kappa shape index (κ1) is 23.1. The molecule has 33 heavy (non-hydrogen) atoms. The number of halogens is 4. The monoisotopic (exact) mass is 504 g/mol. The van der Waals surface area contributed by atoms with Crippen LogP contribution in [-0.2, 0) is 17.9 Å². The van der Waals surface area contributed by atoms with E-state index in [1.807, 2.05) is 18.2 Å². The summed E-state index contributed by atoms with van der Waals surface area (Å²) in [5.41, 5.74) is 1.96. The highest BCUT2D eigenvalue weighted by Gasteiger charge is 2.33. The molecule has 1 fully saturated rings. The Hall–Kier alpha value is -3.06. The van der Waals surface area contributed by atoms with E-state index in [9.17, 15) is 14.0 Å². The Morgan fingerprint density at radius 1 is 0.939 bits per heavy atom. The Kier molecular flexibility index (Phi) is 6.88. The van der Waals surface area contributed by atoms with Crippen LogP contribution in [0.2, 0.25) is 15.1 Å². The lowest BCUT2D eigenvalue weighted by molar-refractivity contribution is -0.123. The minimum atomic E-state index is -0.576. The molecule has 1 heterocycles. The highest BCUT2D eigenvalue weighted by Crippen LogP contribution is 2.36. The molecule has 0 aliphatic carbocycles. The van der Waals surface area contributed by atoms with Crippen LogP contribution in [0.1, 0.15) is 16.7 Å². The quantitative estimate of drug-likeness (QED) is 0.309. The van der Waals surface area contributed by atoms with Gasteiger partial charge in [0.1, 0.15) is 18.1 Å². The van der Waals surface area contributed by atoms with Gasteiger partial charge in [0, 0.05) is 10.6 Å². The zero-order valence-corrected chi connectivity index (χ0v) is 19.2. The van der Waals surface area contributed by atoms with E-state index < -0.39 is 17.8 Å². The van der Waals surface area contributed by atoms with Crippen LogP contribution in [0.15, 0.2) is 66.4 Å². The number of ether oxygens (including phenoxy) is 1. The average Bonchev–Trinajstić information content (AvgIpc) is 3.03. The second-order valence-electron chi connectivity index (χ2n) is 7.20. The summed E-state index contributed by atoms with van der Waals surface area (Å²) in [6.07, 6.45) is 1.47. The molecule has 5 nitrogen and oxygen atoms in total. The lowest BCUT2D eigenvalue weighted by atomic mass is 10.1. The Morgan fingerprint density at radius 3 is 2.27 bits per heavy atom. The molecule has 1 aliphatic heterocycles. The number of nitrogens with one attached hydrogen (secondary N) is 1. The highest BCUT2D eigenvalue weighted by molar-refractivity contribution is 6.37. The lowest BCUT2D eigenvalue weighted by Gasteiger charge is -2.12. The molecule has 1 N–H and O–H groups in total. The van der Waals surface area contributed by atoms with E-state index >= 15 is 0 Å². The van der Waals surface area contributed by atoms with Gasteiger partial charge >= 0.3 is 6.03 Å². The number of hydrogen-bond acceptors (Lipinski definition) is 3. The predicted molar refractivity (Wildman–Crippen MR) is 126 cm³/mol. The number of carbonyl (C=O) groups is 2. The molecule has 1 saturated heterocycles. The van der Waals surface area contributed by atoms with Crippen LogP contribution >= 0.6 is 34.8 Å². The van der Waals surface area contributed by atoms with Crippen molar-refractivity contribution in [3.8, 4) is 5.75 Å². The Bertz CT molecular complexity index is 1240.